The molecule has 3 rings (SSSR count). The lowest BCUT2D eigenvalue weighted by Gasteiger charge is -2.09. The Kier molecular flexibility index (Phi) is 5.43. The van der Waals surface area contributed by atoms with Crippen LogP contribution in [0.4, 0.5) is 5.82 Å². The highest BCUT2D eigenvalue weighted by Crippen LogP contribution is 2.12. The second-order valence-corrected chi connectivity index (χ2v) is 5.52. The molecule has 1 amide bonds. The molecule has 2 heterocycles. The summed E-state index contributed by atoms with van der Waals surface area (Å²) in [7, 11) is 1.59. The molecule has 0 unspecified atom stereocenters. The molecule has 0 saturated heterocycles. The number of amides is 1. The lowest BCUT2D eigenvalue weighted by molar-refractivity contribution is 0.0955. The van der Waals surface area contributed by atoms with Crippen LogP contribution in [0.5, 0.6) is 5.75 Å². The summed E-state index contributed by atoms with van der Waals surface area (Å²) in [5, 5.41) is 6.03. The molecule has 2 N–H and O–H groups in total. The first kappa shape index (κ1) is 17.4. The SMILES string of the molecule is COc1ccc(C(=O)NCCNc2cc(-n3ccnc3C)ncn2)cc1. The van der Waals surface area contributed by atoms with Crippen molar-refractivity contribution in [3.05, 3.63) is 60.4 Å². The topological polar surface area (TPSA) is 94.0 Å². The standard InChI is InChI=1S/C18H20N6O2/c1-13-19-9-10-24(13)17-11-16(22-12-23-17)20-7-8-21-18(25)14-3-5-15(26-2)6-4-14/h3-6,9-12H,7-8H2,1-2H3,(H,21,25)(H,20,22,23). The molecule has 0 spiro atoms. The molecule has 8 heteroatoms. The van der Waals surface area contributed by atoms with Crippen molar-refractivity contribution in [1.29, 1.82) is 0 Å². The Morgan fingerprint density at radius 2 is 1.96 bits per heavy atom. The number of hydrogen-bond donors (Lipinski definition) is 2. The van der Waals surface area contributed by atoms with Crippen LogP contribution in [0.2, 0.25) is 0 Å². The minimum atomic E-state index is -0.133. The number of methoxy groups -OCH3 is 1. The largest absolute Gasteiger partial charge is 0.497 e. The van der Waals surface area contributed by atoms with E-state index in [1.165, 1.54) is 6.33 Å². The monoisotopic (exact) mass is 352 g/mol. The Bertz CT molecular complexity index is 875. The Morgan fingerprint density at radius 1 is 1.15 bits per heavy atom. The zero-order chi connectivity index (χ0) is 18.4. The molecule has 134 valence electrons. The van der Waals surface area contributed by atoms with Crippen molar-refractivity contribution in [2.75, 3.05) is 25.5 Å². The number of benzene rings is 1. The smallest absolute Gasteiger partial charge is 0.251 e. The second-order valence-electron chi connectivity index (χ2n) is 5.52. The normalized spacial score (nSPS) is 10.4. The van der Waals surface area contributed by atoms with Gasteiger partial charge in [0.15, 0.2) is 0 Å². The van der Waals surface area contributed by atoms with Gasteiger partial charge in [-0.15, -0.1) is 0 Å². The Labute approximate surface area is 151 Å². The molecule has 0 saturated carbocycles. The molecule has 0 aliphatic carbocycles. The molecule has 0 fully saturated rings. The lowest BCUT2D eigenvalue weighted by atomic mass is 10.2. The van der Waals surface area contributed by atoms with E-state index in [1.54, 1.807) is 37.6 Å². The second kappa shape index (κ2) is 8.11. The van der Waals surface area contributed by atoms with Gasteiger partial charge in [-0.05, 0) is 31.2 Å². The minimum absolute atomic E-state index is 0.133. The van der Waals surface area contributed by atoms with Gasteiger partial charge < -0.3 is 15.4 Å². The van der Waals surface area contributed by atoms with Crippen LogP contribution < -0.4 is 15.4 Å². The average Bonchev–Trinajstić information content (AvgIpc) is 3.11. The Hall–Kier alpha value is -3.42. The Morgan fingerprint density at radius 3 is 2.65 bits per heavy atom. The van der Waals surface area contributed by atoms with E-state index in [2.05, 4.69) is 25.6 Å². The number of rotatable bonds is 7. The van der Waals surface area contributed by atoms with Crippen molar-refractivity contribution in [1.82, 2.24) is 24.8 Å². The highest BCUT2D eigenvalue weighted by molar-refractivity contribution is 5.94. The highest BCUT2D eigenvalue weighted by Gasteiger charge is 2.06. The summed E-state index contributed by atoms with van der Waals surface area (Å²) in [5.74, 6) is 2.85. The number of imidazole rings is 1. The van der Waals surface area contributed by atoms with Crippen LogP contribution in [0.1, 0.15) is 16.2 Å². The van der Waals surface area contributed by atoms with Gasteiger partial charge in [0.1, 0.15) is 29.5 Å². The average molecular weight is 352 g/mol. The zero-order valence-electron chi connectivity index (χ0n) is 14.6. The molecule has 0 aliphatic rings. The Balaban J connectivity index is 1.50. The molecule has 0 atom stereocenters. The highest BCUT2D eigenvalue weighted by atomic mass is 16.5. The van der Waals surface area contributed by atoms with Gasteiger partial charge in [0.25, 0.3) is 5.91 Å². The quantitative estimate of drug-likeness (QED) is 0.630. The maximum atomic E-state index is 12.1. The van der Waals surface area contributed by atoms with E-state index >= 15 is 0 Å². The molecule has 26 heavy (non-hydrogen) atoms. The van der Waals surface area contributed by atoms with E-state index in [0.29, 0.717) is 24.5 Å². The first-order valence-corrected chi connectivity index (χ1v) is 8.16. The first-order valence-electron chi connectivity index (χ1n) is 8.16. The fraction of sp³-hybridized carbons (Fsp3) is 0.222. The van der Waals surface area contributed by atoms with E-state index in [0.717, 1.165) is 17.4 Å². The number of nitrogens with zero attached hydrogens (tertiary/aromatic N) is 4. The molecule has 0 radical (unpaired) electrons. The van der Waals surface area contributed by atoms with Gasteiger partial charge in [-0.1, -0.05) is 0 Å². The summed E-state index contributed by atoms with van der Waals surface area (Å²) in [6.45, 7) is 2.92. The van der Waals surface area contributed by atoms with E-state index in [9.17, 15) is 4.79 Å². The number of carbonyl (C=O) groups excluding carboxylic acids is 1. The molecule has 0 aliphatic heterocycles. The number of anilines is 1. The number of ether oxygens (including phenoxy) is 1. The molecule has 3 aromatic rings. The van der Waals surface area contributed by atoms with E-state index < -0.39 is 0 Å². The predicted octanol–water partition coefficient (Wildman–Crippen LogP) is 1.82. The van der Waals surface area contributed by atoms with E-state index in [1.807, 2.05) is 23.8 Å². The molecule has 2 aromatic heterocycles. The number of nitrogens with one attached hydrogen (secondary N) is 2. The van der Waals surface area contributed by atoms with Gasteiger partial charge in [0, 0.05) is 37.1 Å². The summed E-state index contributed by atoms with van der Waals surface area (Å²) in [6, 6.07) is 8.80. The van der Waals surface area contributed by atoms with Gasteiger partial charge in [-0.3, -0.25) is 9.36 Å². The third-order valence-corrected chi connectivity index (χ3v) is 3.79. The van der Waals surface area contributed by atoms with Gasteiger partial charge in [-0.25, -0.2) is 15.0 Å². The van der Waals surface area contributed by atoms with Crippen molar-refractivity contribution < 1.29 is 9.53 Å². The third-order valence-electron chi connectivity index (χ3n) is 3.79. The van der Waals surface area contributed by atoms with Crippen LogP contribution in [0.3, 0.4) is 0 Å². The summed E-state index contributed by atoms with van der Waals surface area (Å²) in [5.41, 5.74) is 0.589. The van der Waals surface area contributed by atoms with Gasteiger partial charge >= 0.3 is 0 Å². The fourth-order valence-electron chi connectivity index (χ4n) is 2.41. The summed E-state index contributed by atoms with van der Waals surface area (Å²) >= 11 is 0. The number of carbonyl (C=O) groups is 1. The first-order chi connectivity index (χ1) is 12.7. The lowest BCUT2D eigenvalue weighted by Crippen LogP contribution is -2.28. The van der Waals surface area contributed by atoms with Gasteiger partial charge in [0.05, 0.1) is 7.11 Å². The van der Waals surface area contributed by atoms with E-state index in [4.69, 9.17) is 4.74 Å². The van der Waals surface area contributed by atoms with Crippen molar-refractivity contribution in [2.24, 2.45) is 0 Å². The number of aryl methyl sites for hydroxylation is 1. The zero-order valence-corrected chi connectivity index (χ0v) is 14.6. The van der Waals surface area contributed by atoms with Crippen LogP contribution in [-0.4, -0.2) is 45.6 Å². The van der Waals surface area contributed by atoms with E-state index in [-0.39, 0.29) is 5.91 Å². The van der Waals surface area contributed by atoms with Crippen molar-refractivity contribution in [2.45, 2.75) is 6.92 Å². The van der Waals surface area contributed by atoms with Gasteiger partial charge in [0.2, 0.25) is 0 Å². The van der Waals surface area contributed by atoms with Crippen molar-refractivity contribution in [3.8, 4) is 11.6 Å². The van der Waals surface area contributed by atoms with Crippen molar-refractivity contribution >= 4 is 11.7 Å². The summed E-state index contributed by atoms with van der Waals surface area (Å²) in [6.07, 6.45) is 5.06. The fourth-order valence-corrected chi connectivity index (χ4v) is 2.41. The maximum absolute atomic E-state index is 12.1. The van der Waals surface area contributed by atoms with Crippen LogP contribution in [-0.2, 0) is 0 Å². The number of aromatic nitrogens is 4. The van der Waals surface area contributed by atoms with Crippen LogP contribution in [0.15, 0.2) is 49.1 Å². The van der Waals surface area contributed by atoms with Crippen LogP contribution >= 0.6 is 0 Å². The van der Waals surface area contributed by atoms with Gasteiger partial charge in [-0.2, -0.15) is 0 Å². The minimum Gasteiger partial charge on any atom is -0.497 e. The molecule has 0 bridgehead atoms. The van der Waals surface area contributed by atoms with Crippen LogP contribution in [0, 0.1) is 6.92 Å². The molecule has 8 nitrogen and oxygen atoms in total. The maximum Gasteiger partial charge on any atom is 0.251 e. The molecular weight excluding hydrogens is 332 g/mol. The molecular formula is C18H20N6O2. The molecule has 1 aromatic carbocycles. The number of hydrogen-bond acceptors (Lipinski definition) is 6. The van der Waals surface area contributed by atoms with Crippen LogP contribution in [0.25, 0.3) is 5.82 Å². The predicted molar refractivity (Wildman–Crippen MR) is 97.7 cm³/mol. The summed E-state index contributed by atoms with van der Waals surface area (Å²) in [4.78, 5) is 24.7. The summed E-state index contributed by atoms with van der Waals surface area (Å²) < 4.78 is 6.95. The third kappa shape index (κ3) is 4.15. The van der Waals surface area contributed by atoms with Crippen molar-refractivity contribution in [3.63, 3.8) is 0 Å².